The second-order valence-electron chi connectivity index (χ2n) is 6.19. The second kappa shape index (κ2) is 8.22. The highest BCUT2D eigenvalue weighted by Gasteiger charge is 2.24. The van der Waals surface area contributed by atoms with Gasteiger partial charge in [-0.05, 0) is 62.3 Å². The second-order valence-corrected chi connectivity index (χ2v) is 6.19. The van der Waals surface area contributed by atoms with Crippen molar-refractivity contribution in [3.8, 4) is 0 Å². The van der Waals surface area contributed by atoms with Gasteiger partial charge in [-0.2, -0.15) is 0 Å². The maximum Gasteiger partial charge on any atom is 0.176 e. The summed E-state index contributed by atoms with van der Waals surface area (Å²) in [6, 6.07) is 9.70. The van der Waals surface area contributed by atoms with Gasteiger partial charge in [-0.25, -0.2) is 4.39 Å². The average molecular weight is 330 g/mol. The Balaban J connectivity index is 1.57. The molecule has 0 radical (unpaired) electrons. The topological polar surface area (TPSA) is 45.5 Å². The van der Waals surface area contributed by atoms with E-state index >= 15 is 0 Å². The van der Waals surface area contributed by atoms with Crippen LogP contribution in [0.25, 0.3) is 0 Å². The molecule has 1 aliphatic rings. The van der Waals surface area contributed by atoms with Crippen LogP contribution in [0.4, 0.5) is 4.39 Å². The molecule has 5 heteroatoms. The summed E-state index contributed by atoms with van der Waals surface area (Å²) in [5, 5.41) is 3.24. The lowest BCUT2D eigenvalue weighted by molar-refractivity contribution is 0.0980. The number of nitrogens with zero attached hydrogens (tertiary/aromatic N) is 1. The first-order valence-electron chi connectivity index (χ1n) is 8.51. The van der Waals surface area contributed by atoms with E-state index in [1.807, 2.05) is 12.1 Å². The third kappa shape index (κ3) is 4.30. The van der Waals surface area contributed by atoms with E-state index in [-0.39, 0.29) is 24.2 Å². The van der Waals surface area contributed by atoms with Crippen molar-refractivity contribution in [2.75, 3.05) is 26.2 Å². The highest BCUT2D eigenvalue weighted by molar-refractivity contribution is 5.97. The number of ketones is 1. The lowest BCUT2D eigenvalue weighted by Crippen LogP contribution is -2.40. The van der Waals surface area contributed by atoms with Gasteiger partial charge < -0.3 is 9.73 Å². The SMILES string of the molecule is O=C(CNCC(c1ccco1)N1CCCCC1)c1ccc(F)cc1. The number of Topliss-reactive ketones (excluding diaryl/α,β-unsaturated/α-hetero) is 1. The zero-order valence-corrected chi connectivity index (χ0v) is 13.7. The van der Waals surface area contributed by atoms with Crippen LogP contribution in [0.2, 0.25) is 0 Å². The van der Waals surface area contributed by atoms with Crippen molar-refractivity contribution in [1.82, 2.24) is 10.2 Å². The number of piperidine rings is 1. The van der Waals surface area contributed by atoms with Gasteiger partial charge in [0.15, 0.2) is 5.78 Å². The van der Waals surface area contributed by atoms with E-state index in [0.29, 0.717) is 12.1 Å². The van der Waals surface area contributed by atoms with E-state index in [0.717, 1.165) is 18.8 Å². The van der Waals surface area contributed by atoms with Crippen molar-refractivity contribution >= 4 is 5.78 Å². The fourth-order valence-electron chi connectivity index (χ4n) is 3.18. The summed E-state index contributed by atoms with van der Waals surface area (Å²) in [7, 11) is 0. The van der Waals surface area contributed by atoms with Crippen molar-refractivity contribution in [1.29, 1.82) is 0 Å². The largest absolute Gasteiger partial charge is 0.468 e. The van der Waals surface area contributed by atoms with E-state index < -0.39 is 0 Å². The van der Waals surface area contributed by atoms with Crippen LogP contribution >= 0.6 is 0 Å². The van der Waals surface area contributed by atoms with Crippen LogP contribution in [0.1, 0.15) is 41.4 Å². The Kier molecular flexibility index (Phi) is 5.77. The maximum atomic E-state index is 12.9. The van der Waals surface area contributed by atoms with Crippen molar-refractivity contribution in [2.24, 2.45) is 0 Å². The first-order chi connectivity index (χ1) is 11.7. The van der Waals surface area contributed by atoms with E-state index in [2.05, 4.69) is 10.2 Å². The molecule has 2 heterocycles. The molecule has 1 aromatic heterocycles. The minimum Gasteiger partial charge on any atom is -0.468 e. The molecule has 1 N–H and O–H groups in total. The number of nitrogens with one attached hydrogen (secondary N) is 1. The Hall–Kier alpha value is -1.98. The molecule has 4 nitrogen and oxygen atoms in total. The molecular formula is C19H23FN2O2. The molecule has 128 valence electrons. The molecule has 0 amide bonds. The Morgan fingerprint density at radius 1 is 1.17 bits per heavy atom. The molecule has 1 atom stereocenters. The smallest absolute Gasteiger partial charge is 0.176 e. The van der Waals surface area contributed by atoms with Crippen molar-refractivity contribution in [3.63, 3.8) is 0 Å². The van der Waals surface area contributed by atoms with E-state index in [1.54, 1.807) is 6.26 Å². The summed E-state index contributed by atoms with van der Waals surface area (Å²) in [6.07, 6.45) is 5.37. The zero-order chi connectivity index (χ0) is 16.8. The summed E-state index contributed by atoms with van der Waals surface area (Å²) in [4.78, 5) is 14.6. The van der Waals surface area contributed by atoms with Gasteiger partial charge in [-0.15, -0.1) is 0 Å². The fraction of sp³-hybridized carbons (Fsp3) is 0.421. The Morgan fingerprint density at radius 2 is 1.92 bits per heavy atom. The quantitative estimate of drug-likeness (QED) is 0.790. The van der Waals surface area contributed by atoms with Crippen LogP contribution in [0.5, 0.6) is 0 Å². The van der Waals surface area contributed by atoms with E-state index in [9.17, 15) is 9.18 Å². The van der Waals surface area contributed by atoms with Crippen molar-refractivity contribution in [3.05, 3.63) is 59.8 Å². The number of hydrogen-bond acceptors (Lipinski definition) is 4. The third-order valence-electron chi connectivity index (χ3n) is 4.49. The number of carbonyl (C=O) groups is 1. The van der Waals surface area contributed by atoms with Crippen molar-refractivity contribution in [2.45, 2.75) is 25.3 Å². The number of carbonyl (C=O) groups excluding carboxylic acids is 1. The first kappa shape index (κ1) is 16.9. The average Bonchev–Trinajstić information content (AvgIpc) is 3.14. The van der Waals surface area contributed by atoms with E-state index in [4.69, 9.17) is 4.42 Å². The lowest BCUT2D eigenvalue weighted by Gasteiger charge is -2.33. The van der Waals surface area contributed by atoms with E-state index in [1.165, 1.54) is 43.5 Å². The summed E-state index contributed by atoms with van der Waals surface area (Å²) in [5.41, 5.74) is 0.524. The molecule has 2 aromatic rings. The predicted octanol–water partition coefficient (Wildman–Crippen LogP) is 3.42. The highest BCUT2D eigenvalue weighted by Crippen LogP contribution is 2.24. The monoisotopic (exact) mass is 330 g/mol. The molecule has 1 aromatic carbocycles. The van der Waals surface area contributed by atoms with Gasteiger partial charge in [0.2, 0.25) is 0 Å². The first-order valence-corrected chi connectivity index (χ1v) is 8.51. The minimum absolute atomic E-state index is 0.0353. The summed E-state index contributed by atoms with van der Waals surface area (Å²) in [5.74, 6) is 0.563. The molecule has 1 saturated heterocycles. The van der Waals surface area contributed by atoms with Gasteiger partial charge >= 0.3 is 0 Å². The van der Waals surface area contributed by atoms with Crippen LogP contribution in [-0.2, 0) is 0 Å². The highest BCUT2D eigenvalue weighted by atomic mass is 19.1. The third-order valence-corrected chi connectivity index (χ3v) is 4.49. The summed E-state index contributed by atoms with van der Waals surface area (Å²) >= 11 is 0. The molecule has 0 saturated carbocycles. The van der Waals surface area contributed by atoms with Crippen LogP contribution in [0, 0.1) is 5.82 Å². The minimum atomic E-state index is -0.331. The number of benzene rings is 1. The predicted molar refractivity (Wildman–Crippen MR) is 90.5 cm³/mol. The Morgan fingerprint density at radius 3 is 2.58 bits per heavy atom. The van der Waals surface area contributed by atoms with Gasteiger partial charge in [0, 0.05) is 12.1 Å². The number of halogens is 1. The summed E-state index contributed by atoms with van der Waals surface area (Å²) < 4.78 is 18.5. The lowest BCUT2D eigenvalue weighted by atomic mass is 10.1. The number of hydrogen-bond donors (Lipinski definition) is 1. The van der Waals surface area contributed by atoms with Crippen molar-refractivity contribution < 1.29 is 13.6 Å². The molecule has 1 aliphatic heterocycles. The zero-order valence-electron chi connectivity index (χ0n) is 13.7. The van der Waals surface area contributed by atoms with Gasteiger partial charge in [-0.3, -0.25) is 9.69 Å². The molecule has 0 spiro atoms. The molecule has 0 bridgehead atoms. The van der Waals surface area contributed by atoms with Crippen LogP contribution in [0.3, 0.4) is 0 Å². The van der Waals surface area contributed by atoms with Crippen LogP contribution < -0.4 is 5.32 Å². The molecule has 1 fully saturated rings. The maximum absolute atomic E-state index is 12.9. The molecule has 3 rings (SSSR count). The normalized spacial score (nSPS) is 16.9. The van der Waals surface area contributed by atoms with Crippen LogP contribution in [-0.4, -0.2) is 36.9 Å². The fourth-order valence-corrected chi connectivity index (χ4v) is 3.18. The summed E-state index contributed by atoms with van der Waals surface area (Å²) in [6.45, 7) is 3.00. The molecule has 24 heavy (non-hydrogen) atoms. The Labute approximate surface area is 141 Å². The molecule has 0 aliphatic carbocycles. The van der Waals surface area contributed by atoms with Crippen LogP contribution in [0.15, 0.2) is 47.1 Å². The van der Waals surface area contributed by atoms with Gasteiger partial charge in [0.25, 0.3) is 0 Å². The van der Waals surface area contributed by atoms with Gasteiger partial charge in [0.1, 0.15) is 11.6 Å². The van der Waals surface area contributed by atoms with Gasteiger partial charge in [-0.1, -0.05) is 6.42 Å². The standard InChI is InChI=1S/C19H23FN2O2/c20-16-8-6-15(7-9-16)18(23)14-21-13-17(19-5-4-12-24-19)22-10-2-1-3-11-22/h4-9,12,17,21H,1-3,10-11,13-14H2. The molecule has 1 unspecified atom stereocenters. The number of furan rings is 1. The Bertz CT molecular complexity index is 634. The number of likely N-dealkylation sites (tertiary alicyclic amines) is 1. The number of rotatable bonds is 7. The van der Waals surface area contributed by atoms with Gasteiger partial charge in [0.05, 0.1) is 18.8 Å². The molecular weight excluding hydrogens is 307 g/mol.